The van der Waals surface area contributed by atoms with Crippen molar-refractivity contribution in [3.63, 3.8) is 0 Å². The Balaban J connectivity index is 3.04. The van der Waals surface area contributed by atoms with Gasteiger partial charge in [0.1, 0.15) is 0 Å². The van der Waals surface area contributed by atoms with E-state index in [-0.39, 0.29) is 11.1 Å². The van der Waals surface area contributed by atoms with E-state index in [2.05, 4.69) is 17.0 Å². The summed E-state index contributed by atoms with van der Waals surface area (Å²) in [6, 6.07) is 5.04. The molecule has 0 aliphatic carbocycles. The molecule has 0 aromatic heterocycles. The van der Waals surface area contributed by atoms with E-state index in [1.807, 2.05) is 0 Å². The van der Waals surface area contributed by atoms with Crippen LogP contribution in [0, 0.1) is 0 Å². The molecule has 0 unspecified atom stereocenters. The van der Waals surface area contributed by atoms with Crippen molar-refractivity contribution < 1.29 is 27.8 Å². The minimum atomic E-state index is -4.93. The quantitative estimate of drug-likeness (QED) is 0.819. The first-order valence-corrected chi connectivity index (χ1v) is 4.34. The molecule has 0 bridgehead atoms. The maximum atomic E-state index is 11.9. The van der Waals surface area contributed by atoms with E-state index in [1.54, 1.807) is 0 Å². The van der Waals surface area contributed by atoms with Crippen LogP contribution in [-0.4, -0.2) is 22.5 Å². The molecule has 0 spiro atoms. The maximum absolute atomic E-state index is 11.9. The number of benzene rings is 1. The largest absolute Gasteiger partial charge is 0.573 e. The molecule has 1 aromatic rings. The fourth-order valence-corrected chi connectivity index (χ4v) is 1.28. The molecule has 3 nitrogen and oxygen atoms in total. The number of hydrogen-bond donors (Lipinski definition) is 1. The lowest BCUT2D eigenvalue weighted by Crippen LogP contribution is -2.20. The number of ether oxygens (including phenoxy) is 1. The SMILES string of the molecule is O=C(O)c1ccccc1C(=S)OC(F)(F)F. The molecule has 0 saturated heterocycles. The second-order valence-electron chi connectivity index (χ2n) is 2.69. The van der Waals surface area contributed by atoms with Crippen LogP contribution in [0.5, 0.6) is 0 Å². The van der Waals surface area contributed by atoms with E-state index < -0.39 is 17.4 Å². The van der Waals surface area contributed by atoms with Crippen LogP contribution in [0.15, 0.2) is 24.3 Å². The first-order chi connectivity index (χ1) is 7.31. The van der Waals surface area contributed by atoms with E-state index in [4.69, 9.17) is 5.11 Å². The molecule has 0 atom stereocenters. The smallest absolute Gasteiger partial charge is 0.478 e. The molecule has 86 valence electrons. The number of carbonyl (C=O) groups is 1. The Labute approximate surface area is 93.5 Å². The Hall–Kier alpha value is -1.63. The molecule has 0 aliphatic rings. The van der Waals surface area contributed by atoms with Crippen molar-refractivity contribution in [3.8, 4) is 0 Å². The number of carboxylic acids is 1. The molecule has 0 heterocycles. The van der Waals surface area contributed by atoms with Gasteiger partial charge in [0.05, 0.1) is 5.56 Å². The zero-order valence-electron chi connectivity index (χ0n) is 7.62. The first kappa shape index (κ1) is 12.4. The lowest BCUT2D eigenvalue weighted by molar-refractivity contribution is -0.281. The molecule has 16 heavy (non-hydrogen) atoms. The summed E-state index contributed by atoms with van der Waals surface area (Å²) in [5.74, 6) is -1.37. The molecule has 0 radical (unpaired) electrons. The summed E-state index contributed by atoms with van der Waals surface area (Å²) < 4.78 is 39.1. The molecule has 0 fully saturated rings. The van der Waals surface area contributed by atoms with Crippen LogP contribution in [-0.2, 0) is 4.74 Å². The summed E-state index contributed by atoms with van der Waals surface area (Å²) in [6.45, 7) is 0. The van der Waals surface area contributed by atoms with Crippen molar-refractivity contribution in [1.29, 1.82) is 0 Å². The number of aromatic carboxylic acids is 1. The normalized spacial score (nSPS) is 10.9. The van der Waals surface area contributed by atoms with Crippen molar-refractivity contribution in [2.24, 2.45) is 0 Å². The third kappa shape index (κ3) is 3.20. The predicted molar refractivity (Wildman–Crippen MR) is 52.2 cm³/mol. The number of thiocarbonyl (C=S) groups is 1. The number of carboxylic acid groups (broad SMARTS) is 1. The summed E-state index contributed by atoms with van der Waals surface area (Å²) in [7, 11) is 0. The zero-order chi connectivity index (χ0) is 12.3. The Bertz CT molecular complexity index is 428. The summed E-state index contributed by atoms with van der Waals surface area (Å²) in [5.41, 5.74) is -0.612. The van der Waals surface area contributed by atoms with Gasteiger partial charge in [0.15, 0.2) is 0 Å². The van der Waals surface area contributed by atoms with Gasteiger partial charge in [-0.1, -0.05) is 12.1 Å². The van der Waals surface area contributed by atoms with E-state index in [0.29, 0.717) is 0 Å². The first-order valence-electron chi connectivity index (χ1n) is 3.93. The Morgan fingerprint density at radius 1 is 1.25 bits per heavy atom. The molecule has 0 saturated carbocycles. The summed E-state index contributed by atoms with van der Waals surface area (Å²) in [5, 5.41) is 7.80. The number of halogens is 3. The number of hydrogen-bond acceptors (Lipinski definition) is 3. The highest BCUT2D eigenvalue weighted by Crippen LogP contribution is 2.21. The van der Waals surface area contributed by atoms with E-state index >= 15 is 0 Å². The Morgan fingerprint density at radius 3 is 2.19 bits per heavy atom. The van der Waals surface area contributed by atoms with Crippen molar-refractivity contribution in [2.75, 3.05) is 0 Å². The Kier molecular flexibility index (Phi) is 3.48. The molecule has 1 aromatic carbocycles. The van der Waals surface area contributed by atoms with Crippen LogP contribution in [0.3, 0.4) is 0 Å². The summed E-state index contributed by atoms with van der Waals surface area (Å²) in [6.07, 6.45) is -4.93. The van der Waals surface area contributed by atoms with Crippen molar-refractivity contribution in [1.82, 2.24) is 0 Å². The van der Waals surface area contributed by atoms with Crippen molar-refractivity contribution in [3.05, 3.63) is 35.4 Å². The lowest BCUT2D eigenvalue weighted by Gasteiger charge is -2.11. The summed E-state index contributed by atoms with van der Waals surface area (Å²) >= 11 is 4.37. The third-order valence-electron chi connectivity index (χ3n) is 1.59. The van der Waals surface area contributed by atoms with Gasteiger partial charge in [0.25, 0.3) is 0 Å². The highest BCUT2D eigenvalue weighted by molar-refractivity contribution is 7.80. The Morgan fingerprint density at radius 2 is 1.75 bits per heavy atom. The zero-order valence-corrected chi connectivity index (χ0v) is 8.43. The standard InChI is InChI=1S/C9H5F3O3S/c10-9(11,12)15-8(16)6-4-2-1-3-5(6)7(13)14/h1-4H,(H,13,14). The van der Waals surface area contributed by atoms with E-state index in [0.717, 1.165) is 12.1 Å². The van der Waals surface area contributed by atoms with Crippen LogP contribution in [0.4, 0.5) is 13.2 Å². The monoisotopic (exact) mass is 250 g/mol. The fraction of sp³-hybridized carbons (Fsp3) is 0.111. The van der Waals surface area contributed by atoms with E-state index in [1.165, 1.54) is 12.1 Å². The van der Waals surface area contributed by atoms with Gasteiger partial charge in [-0.15, -0.1) is 13.2 Å². The number of alkyl halides is 3. The maximum Gasteiger partial charge on any atom is 0.573 e. The van der Waals surface area contributed by atoms with Gasteiger partial charge < -0.3 is 9.84 Å². The van der Waals surface area contributed by atoms with Crippen molar-refractivity contribution in [2.45, 2.75) is 6.36 Å². The van der Waals surface area contributed by atoms with Gasteiger partial charge in [-0.3, -0.25) is 0 Å². The van der Waals surface area contributed by atoms with Crippen LogP contribution in [0.1, 0.15) is 15.9 Å². The molecule has 0 aliphatic heterocycles. The minimum Gasteiger partial charge on any atom is -0.478 e. The molecular weight excluding hydrogens is 245 g/mol. The van der Waals surface area contributed by atoms with Gasteiger partial charge in [-0.25, -0.2) is 4.79 Å². The van der Waals surface area contributed by atoms with Gasteiger partial charge in [-0.05, 0) is 24.4 Å². The average Bonchev–Trinajstić information content (AvgIpc) is 2.15. The van der Waals surface area contributed by atoms with E-state index in [9.17, 15) is 18.0 Å². The van der Waals surface area contributed by atoms with Crippen LogP contribution >= 0.6 is 12.2 Å². The molecular formula is C9H5F3O3S. The molecule has 1 N–H and O–H groups in total. The topological polar surface area (TPSA) is 46.5 Å². The number of rotatable bonds is 2. The molecule has 1 rings (SSSR count). The van der Waals surface area contributed by atoms with Gasteiger partial charge in [0.2, 0.25) is 5.05 Å². The van der Waals surface area contributed by atoms with Crippen molar-refractivity contribution >= 4 is 23.2 Å². The van der Waals surface area contributed by atoms with Crippen LogP contribution in [0.25, 0.3) is 0 Å². The lowest BCUT2D eigenvalue weighted by atomic mass is 10.1. The summed E-state index contributed by atoms with van der Waals surface area (Å²) in [4.78, 5) is 10.7. The highest BCUT2D eigenvalue weighted by Gasteiger charge is 2.33. The highest BCUT2D eigenvalue weighted by atomic mass is 32.1. The minimum absolute atomic E-state index is 0.276. The van der Waals surface area contributed by atoms with Gasteiger partial charge in [0, 0.05) is 5.56 Å². The van der Waals surface area contributed by atoms with Crippen LogP contribution < -0.4 is 0 Å². The van der Waals surface area contributed by atoms with Gasteiger partial charge in [-0.2, -0.15) is 0 Å². The predicted octanol–water partition coefficient (Wildman–Crippen LogP) is 2.60. The molecule has 7 heteroatoms. The molecule has 0 amide bonds. The van der Waals surface area contributed by atoms with Gasteiger partial charge >= 0.3 is 12.3 Å². The second kappa shape index (κ2) is 4.48. The van der Waals surface area contributed by atoms with Crippen LogP contribution in [0.2, 0.25) is 0 Å². The fourth-order valence-electron chi connectivity index (χ4n) is 1.01. The second-order valence-corrected chi connectivity index (χ2v) is 3.06. The third-order valence-corrected chi connectivity index (χ3v) is 1.89. The average molecular weight is 250 g/mol.